The largest absolute Gasteiger partial charge is 0.497 e. The number of likely N-dealkylation sites (N-methyl/N-ethyl adjacent to an activating group) is 1. The maximum atomic E-state index is 12.4. The topological polar surface area (TPSA) is 76.1 Å². The number of carbonyl (C=O) groups is 2. The lowest BCUT2D eigenvalue weighted by Gasteiger charge is -2.20. The molecule has 0 saturated carbocycles. The number of carboxylic acids is 1. The van der Waals surface area contributed by atoms with Crippen LogP contribution in [0, 0.1) is 0 Å². The molecule has 0 aliphatic rings. The molecule has 0 aliphatic carbocycles. The van der Waals surface area contributed by atoms with Crippen LogP contribution >= 0.6 is 15.9 Å². The standard InChI is InChI=1S/C13H16BrNO5/c1-4-15(7-11(16)17)13(18)9-5-8(19-2)6-10(14)12(9)20-3/h5-6H,4,7H2,1-3H3,(H,16,17). The van der Waals surface area contributed by atoms with Gasteiger partial charge in [0.1, 0.15) is 18.0 Å². The van der Waals surface area contributed by atoms with E-state index in [-0.39, 0.29) is 18.7 Å². The van der Waals surface area contributed by atoms with Crippen molar-refractivity contribution in [2.45, 2.75) is 6.92 Å². The van der Waals surface area contributed by atoms with Crippen molar-refractivity contribution in [2.75, 3.05) is 27.3 Å². The van der Waals surface area contributed by atoms with Gasteiger partial charge in [0.2, 0.25) is 0 Å². The third kappa shape index (κ3) is 3.63. The minimum absolute atomic E-state index is 0.252. The number of rotatable bonds is 6. The van der Waals surface area contributed by atoms with E-state index in [9.17, 15) is 9.59 Å². The van der Waals surface area contributed by atoms with Crippen LogP contribution in [0.2, 0.25) is 0 Å². The third-order valence-corrected chi connectivity index (χ3v) is 3.27. The number of ether oxygens (including phenoxy) is 2. The maximum absolute atomic E-state index is 12.4. The Balaban J connectivity index is 3.25. The molecule has 1 aromatic rings. The molecule has 1 aromatic carbocycles. The SMILES string of the molecule is CCN(CC(=O)O)C(=O)c1cc(OC)cc(Br)c1OC. The Morgan fingerprint density at radius 3 is 2.40 bits per heavy atom. The van der Waals surface area contributed by atoms with Gasteiger partial charge in [0.05, 0.1) is 24.3 Å². The van der Waals surface area contributed by atoms with Crippen LogP contribution in [-0.2, 0) is 4.79 Å². The van der Waals surface area contributed by atoms with E-state index in [2.05, 4.69) is 15.9 Å². The first-order chi connectivity index (χ1) is 9.44. The molecule has 1 rings (SSSR count). The van der Waals surface area contributed by atoms with Crippen LogP contribution in [0.5, 0.6) is 11.5 Å². The van der Waals surface area contributed by atoms with E-state index in [4.69, 9.17) is 14.6 Å². The molecule has 7 heteroatoms. The minimum Gasteiger partial charge on any atom is -0.497 e. The van der Waals surface area contributed by atoms with Gasteiger partial charge in [-0.05, 0) is 35.0 Å². The molecule has 0 heterocycles. The van der Waals surface area contributed by atoms with E-state index in [1.807, 2.05) is 0 Å². The fourth-order valence-corrected chi connectivity index (χ4v) is 2.31. The fraction of sp³-hybridized carbons (Fsp3) is 0.385. The average Bonchev–Trinajstić information content (AvgIpc) is 2.42. The summed E-state index contributed by atoms with van der Waals surface area (Å²) < 4.78 is 10.9. The number of halogens is 1. The molecule has 110 valence electrons. The average molecular weight is 346 g/mol. The molecule has 0 aromatic heterocycles. The molecule has 1 N–H and O–H groups in total. The van der Waals surface area contributed by atoms with Crippen molar-refractivity contribution >= 4 is 27.8 Å². The molecule has 0 radical (unpaired) electrons. The highest BCUT2D eigenvalue weighted by Gasteiger charge is 2.23. The summed E-state index contributed by atoms with van der Waals surface area (Å²) in [5.41, 5.74) is 0.252. The molecular weight excluding hydrogens is 330 g/mol. The number of methoxy groups -OCH3 is 2. The summed E-state index contributed by atoms with van der Waals surface area (Å²) in [6.07, 6.45) is 0. The molecule has 1 amide bonds. The van der Waals surface area contributed by atoms with Crippen molar-refractivity contribution in [3.8, 4) is 11.5 Å². The fourth-order valence-electron chi connectivity index (χ4n) is 1.71. The first kappa shape index (κ1) is 16.3. The summed E-state index contributed by atoms with van der Waals surface area (Å²) in [5.74, 6) is -0.667. The number of nitrogens with zero attached hydrogens (tertiary/aromatic N) is 1. The lowest BCUT2D eigenvalue weighted by molar-refractivity contribution is -0.137. The Labute approximate surface area is 125 Å². The van der Waals surface area contributed by atoms with Gasteiger partial charge < -0.3 is 19.5 Å². The Morgan fingerprint density at radius 2 is 1.95 bits per heavy atom. The third-order valence-electron chi connectivity index (χ3n) is 2.68. The summed E-state index contributed by atoms with van der Waals surface area (Å²) >= 11 is 3.30. The van der Waals surface area contributed by atoms with Crippen molar-refractivity contribution in [3.63, 3.8) is 0 Å². The number of carboxylic acid groups (broad SMARTS) is 1. The monoisotopic (exact) mass is 345 g/mol. The van der Waals surface area contributed by atoms with Gasteiger partial charge in [-0.1, -0.05) is 0 Å². The first-order valence-corrected chi connectivity index (χ1v) is 6.66. The van der Waals surface area contributed by atoms with Gasteiger partial charge in [-0.15, -0.1) is 0 Å². The quantitative estimate of drug-likeness (QED) is 0.853. The van der Waals surface area contributed by atoms with Crippen LogP contribution < -0.4 is 9.47 Å². The number of hydrogen-bond donors (Lipinski definition) is 1. The zero-order valence-corrected chi connectivity index (χ0v) is 13.1. The Hall–Kier alpha value is -1.76. The van der Waals surface area contributed by atoms with Crippen LogP contribution in [0.3, 0.4) is 0 Å². The van der Waals surface area contributed by atoms with E-state index < -0.39 is 11.9 Å². The Bertz CT molecular complexity index is 518. The molecule has 0 fully saturated rings. The summed E-state index contributed by atoms with van der Waals surface area (Å²) in [5, 5.41) is 8.83. The van der Waals surface area contributed by atoms with Gasteiger partial charge in [-0.25, -0.2) is 0 Å². The van der Waals surface area contributed by atoms with Crippen molar-refractivity contribution in [3.05, 3.63) is 22.2 Å². The summed E-state index contributed by atoms with van der Waals surface area (Å²) in [6.45, 7) is 1.62. The number of benzene rings is 1. The normalized spacial score (nSPS) is 10.0. The molecule has 0 bridgehead atoms. The molecule has 0 unspecified atom stereocenters. The van der Waals surface area contributed by atoms with Crippen LogP contribution in [0.25, 0.3) is 0 Å². The summed E-state index contributed by atoms with van der Waals surface area (Å²) in [7, 11) is 2.92. The number of aliphatic carboxylic acids is 1. The zero-order valence-electron chi connectivity index (χ0n) is 11.5. The molecule has 0 saturated heterocycles. The predicted octanol–water partition coefficient (Wildman–Crippen LogP) is 2.01. The zero-order chi connectivity index (χ0) is 15.3. The van der Waals surface area contributed by atoms with Gasteiger partial charge in [0.25, 0.3) is 5.91 Å². The van der Waals surface area contributed by atoms with E-state index in [0.29, 0.717) is 16.0 Å². The van der Waals surface area contributed by atoms with Crippen LogP contribution in [0.15, 0.2) is 16.6 Å². The number of carbonyl (C=O) groups excluding carboxylic acids is 1. The van der Waals surface area contributed by atoms with Crippen LogP contribution in [-0.4, -0.2) is 49.2 Å². The molecular formula is C13H16BrNO5. The summed E-state index contributed by atoms with van der Waals surface area (Å²) in [6, 6.07) is 3.19. The molecule has 20 heavy (non-hydrogen) atoms. The van der Waals surface area contributed by atoms with E-state index in [1.54, 1.807) is 13.0 Å². The second-order valence-corrected chi connectivity index (χ2v) is 4.76. The van der Waals surface area contributed by atoms with E-state index >= 15 is 0 Å². The lowest BCUT2D eigenvalue weighted by Crippen LogP contribution is -2.35. The molecule has 0 atom stereocenters. The number of hydrogen-bond acceptors (Lipinski definition) is 4. The second-order valence-electron chi connectivity index (χ2n) is 3.90. The lowest BCUT2D eigenvalue weighted by atomic mass is 10.1. The molecule has 6 nitrogen and oxygen atoms in total. The molecule has 0 aliphatic heterocycles. The van der Waals surface area contributed by atoms with Crippen molar-refractivity contribution in [2.24, 2.45) is 0 Å². The molecule has 0 spiro atoms. The maximum Gasteiger partial charge on any atom is 0.323 e. The van der Waals surface area contributed by atoms with Gasteiger partial charge in [0, 0.05) is 6.54 Å². The second kappa shape index (κ2) is 7.14. The van der Waals surface area contributed by atoms with Gasteiger partial charge in [-0.3, -0.25) is 9.59 Å². The highest BCUT2D eigenvalue weighted by Crippen LogP contribution is 2.34. The number of amides is 1. The summed E-state index contributed by atoms with van der Waals surface area (Å²) in [4.78, 5) is 24.4. The van der Waals surface area contributed by atoms with Crippen molar-refractivity contribution < 1.29 is 24.2 Å². The van der Waals surface area contributed by atoms with Crippen molar-refractivity contribution in [1.29, 1.82) is 0 Å². The van der Waals surface area contributed by atoms with Crippen LogP contribution in [0.4, 0.5) is 0 Å². The van der Waals surface area contributed by atoms with Crippen molar-refractivity contribution in [1.82, 2.24) is 4.90 Å². The Morgan fingerprint density at radius 1 is 1.30 bits per heavy atom. The van der Waals surface area contributed by atoms with Crippen LogP contribution in [0.1, 0.15) is 17.3 Å². The smallest absolute Gasteiger partial charge is 0.323 e. The highest BCUT2D eigenvalue weighted by molar-refractivity contribution is 9.10. The van der Waals surface area contributed by atoms with Gasteiger partial charge in [-0.2, -0.15) is 0 Å². The minimum atomic E-state index is -1.07. The predicted molar refractivity (Wildman–Crippen MR) is 76.5 cm³/mol. The van der Waals surface area contributed by atoms with E-state index in [1.165, 1.54) is 25.2 Å². The van der Waals surface area contributed by atoms with Gasteiger partial charge in [0.15, 0.2) is 0 Å². The first-order valence-electron chi connectivity index (χ1n) is 5.87. The van der Waals surface area contributed by atoms with E-state index in [0.717, 1.165) is 0 Å². The highest BCUT2D eigenvalue weighted by atomic mass is 79.9. The Kier molecular flexibility index (Phi) is 5.82. The van der Waals surface area contributed by atoms with Gasteiger partial charge >= 0.3 is 5.97 Å².